The van der Waals surface area contributed by atoms with Crippen molar-refractivity contribution in [2.45, 2.75) is 18.9 Å². The van der Waals surface area contributed by atoms with Gasteiger partial charge in [0, 0.05) is 31.5 Å². The van der Waals surface area contributed by atoms with Crippen LogP contribution in [0.25, 0.3) is 11.1 Å². The van der Waals surface area contributed by atoms with Crippen LogP contribution in [0.3, 0.4) is 0 Å². The molecular formula is C31H36N2O7. The highest BCUT2D eigenvalue weighted by Crippen LogP contribution is 2.36. The van der Waals surface area contributed by atoms with Crippen LogP contribution in [0, 0.1) is 23.7 Å². The third-order valence-electron chi connectivity index (χ3n) is 6.17. The fourth-order valence-corrected chi connectivity index (χ4v) is 4.19. The number of nitrogens with zero attached hydrogens (tertiary/aromatic N) is 2. The van der Waals surface area contributed by atoms with Crippen molar-refractivity contribution >= 4 is 5.91 Å². The molecule has 0 spiro atoms. The van der Waals surface area contributed by atoms with Crippen molar-refractivity contribution in [2.24, 2.45) is 0 Å². The molecule has 0 radical (unpaired) electrons. The Hall–Kier alpha value is -4.02. The Bertz CT molecular complexity index is 1190. The van der Waals surface area contributed by atoms with Crippen molar-refractivity contribution < 1.29 is 33.2 Å². The molecule has 212 valence electrons. The minimum atomic E-state index is -0.0691. The Morgan fingerprint density at radius 2 is 1.73 bits per heavy atom. The van der Waals surface area contributed by atoms with E-state index in [1.165, 1.54) is 6.08 Å². The van der Waals surface area contributed by atoms with E-state index < -0.39 is 0 Å². The summed E-state index contributed by atoms with van der Waals surface area (Å²) in [6.45, 7) is 7.62. The monoisotopic (exact) mass is 548 g/mol. The number of carbonyl (C=O) groups is 1. The molecular weight excluding hydrogens is 512 g/mol. The smallest absolute Gasteiger partial charge is 0.245 e. The van der Waals surface area contributed by atoms with Crippen molar-refractivity contribution in [3.8, 4) is 46.8 Å². The standard InChI is InChI=1S/C31H36N2O7/c1-4-12-36-13-14-37-15-16-38-17-18-39-27-6-7-30(35-3)29(22-27)25-19-24(23-32)20-28(21-25)40-26-8-10-33(11-9-26)31(34)5-2/h1,5-7,19-22,26H,2,8-18H2,3H3. The van der Waals surface area contributed by atoms with Crippen molar-refractivity contribution in [1.82, 2.24) is 4.90 Å². The van der Waals surface area contributed by atoms with E-state index in [9.17, 15) is 10.1 Å². The third-order valence-corrected chi connectivity index (χ3v) is 6.17. The first-order valence-electron chi connectivity index (χ1n) is 13.2. The lowest BCUT2D eigenvalue weighted by atomic mass is 10.0. The molecule has 3 rings (SSSR count). The van der Waals surface area contributed by atoms with Gasteiger partial charge in [0.25, 0.3) is 0 Å². The lowest BCUT2D eigenvalue weighted by Crippen LogP contribution is -2.41. The first-order chi connectivity index (χ1) is 19.6. The summed E-state index contributed by atoms with van der Waals surface area (Å²) in [5.74, 6) is 4.21. The number of piperidine rings is 1. The maximum absolute atomic E-state index is 11.9. The molecule has 1 fully saturated rings. The Kier molecular flexibility index (Phi) is 12.8. The van der Waals surface area contributed by atoms with Gasteiger partial charge in [0.05, 0.1) is 51.8 Å². The van der Waals surface area contributed by atoms with Gasteiger partial charge in [-0.15, -0.1) is 6.42 Å². The minimum absolute atomic E-state index is 0.0561. The molecule has 40 heavy (non-hydrogen) atoms. The van der Waals surface area contributed by atoms with E-state index in [1.807, 2.05) is 24.3 Å². The molecule has 1 amide bonds. The van der Waals surface area contributed by atoms with Crippen molar-refractivity contribution in [3.63, 3.8) is 0 Å². The summed E-state index contributed by atoms with van der Waals surface area (Å²) in [6.07, 6.45) is 7.79. The number of hydrogen-bond acceptors (Lipinski definition) is 8. The van der Waals surface area contributed by atoms with Crippen LogP contribution in [-0.4, -0.2) is 83.4 Å². The largest absolute Gasteiger partial charge is 0.496 e. The van der Waals surface area contributed by atoms with E-state index >= 15 is 0 Å². The Balaban J connectivity index is 1.57. The number of ether oxygens (including phenoxy) is 6. The lowest BCUT2D eigenvalue weighted by Gasteiger charge is -2.31. The zero-order valence-corrected chi connectivity index (χ0v) is 22.9. The molecule has 9 nitrogen and oxygen atoms in total. The molecule has 0 unspecified atom stereocenters. The highest BCUT2D eigenvalue weighted by Gasteiger charge is 2.23. The molecule has 0 aromatic heterocycles. The van der Waals surface area contributed by atoms with Crippen LogP contribution >= 0.6 is 0 Å². The number of benzene rings is 2. The molecule has 0 atom stereocenters. The number of carbonyl (C=O) groups excluding carboxylic acids is 1. The molecule has 2 aromatic carbocycles. The van der Waals surface area contributed by atoms with Crippen LogP contribution in [0.1, 0.15) is 18.4 Å². The number of hydrogen-bond donors (Lipinski definition) is 0. The summed E-state index contributed by atoms with van der Waals surface area (Å²) < 4.78 is 33.8. The number of amides is 1. The minimum Gasteiger partial charge on any atom is -0.496 e. The molecule has 9 heteroatoms. The average Bonchev–Trinajstić information content (AvgIpc) is 2.99. The van der Waals surface area contributed by atoms with Crippen LogP contribution in [0.5, 0.6) is 17.2 Å². The van der Waals surface area contributed by atoms with Gasteiger partial charge in [-0.05, 0) is 48.0 Å². The summed E-state index contributed by atoms with van der Waals surface area (Å²) in [4.78, 5) is 13.6. The lowest BCUT2D eigenvalue weighted by molar-refractivity contribution is -0.127. The second-order valence-electron chi connectivity index (χ2n) is 8.90. The van der Waals surface area contributed by atoms with Crippen molar-refractivity contribution in [1.29, 1.82) is 5.26 Å². The SMILES string of the molecule is C#CCOCCOCCOCCOc1ccc(OC)c(-c2cc(C#N)cc(OC3CCN(C(=O)C=C)CC3)c2)c1. The summed E-state index contributed by atoms with van der Waals surface area (Å²) in [7, 11) is 1.60. The molecule has 0 N–H and O–H groups in total. The van der Waals surface area contributed by atoms with E-state index in [0.717, 1.165) is 11.1 Å². The van der Waals surface area contributed by atoms with E-state index in [0.29, 0.717) is 88.4 Å². The van der Waals surface area contributed by atoms with E-state index in [2.05, 4.69) is 18.6 Å². The van der Waals surface area contributed by atoms with Crippen LogP contribution in [0.15, 0.2) is 49.1 Å². The quantitative estimate of drug-likeness (QED) is 0.177. The molecule has 1 heterocycles. The zero-order chi connectivity index (χ0) is 28.6. The number of terminal acetylenes is 1. The summed E-state index contributed by atoms with van der Waals surface area (Å²) >= 11 is 0. The van der Waals surface area contributed by atoms with Crippen LogP contribution in [0.2, 0.25) is 0 Å². The van der Waals surface area contributed by atoms with Gasteiger partial charge in [-0.2, -0.15) is 5.26 Å². The maximum Gasteiger partial charge on any atom is 0.245 e. The maximum atomic E-state index is 11.9. The zero-order valence-electron chi connectivity index (χ0n) is 22.9. The number of likely N-dealkylation sites (tertiary alicyclic amines) is 1. The number of nitriles is 1. The third kappa shape index (κ3) is 9.62. The van der Waals surface area contributed by atoms with Gasteiger partial charge in [0.1, 0.15) is 36.6 Å². The molecule has 0 saturated carbocycles. The topological polar surface area (TPSA) is 99.5 Å². The fraction of sp³-hybridized carbons (Fsp3) is 0.419. The molecule has 0 aliphatic carbocycles. The molecule has 1 aliphatic rings. The van der Waals surface area contributed by atoms with Crippen LogP contribution < -0.4 is 14.2 Å². The summed E-state index contributed by atoms with van der Waals surface area (Å²) in [5.41, 5.74) is 2.02. The molecule has 0 bridgehead atoms. The van der Waals surface area contributed by atoms with Crippen molar-refractivity contribution in [3.05, 3.63) is 54.6 Å². The Morgan fingerprint density at radius 3 is 2.38 bits per heavy atom. The van der Waals surface area contributed by atoms with E-state index in [1.54, 1.807) is 24.1 Å². The molecule has 2 aromatic rings. The molecule has 1 aliphatic heterocycles. The highest BCUT2D eigenvalue weighted by atomic mass is 16.6. The first-order valence-corrected chi connectivity index (χ1v) is 13.2. The van der Waals surface area contributed by atoms with E-state index in [4.69, 9.17) is 34.8 Å². The van der Waals surface area contributed by atoms with Gasteiger partial charge in [0.2, 0.25) is 5.91 Å². The number of methoxy groups -OCH3 is 1. The first kappa shape index (κ1) is 30.5. The molecule has 1 saturated heterocycles. The summed E-state index contributed by atoms with van der Waals surface area (Å²) in [5, 5.41) is 9.66. The number of rotatable bonds is 16. The van der Waals surface area contributed by atoms with Gasteiger partial charge < -0.3 is 33.3 Å². The predicted molar refractivity (Wildman–Crippen MR) is 150 cm³/mol. The van der Waals surface area contributed by atoms with Crippen LogP contribution in [-0.2, 0) is 19.0 Å². The van der Waals surface area contributed by atoms with Crippen molar-refractivity contribution in [2.75, 3.05) is 66.4 Å². The average molecular weight is 549 g/mol. The fourth-order valence-electron chi connectivity index (χ4n) is 4.19. The van der Waals surface area contributed by atoms with E-state index in [-0.39, 0.29) is 18.6 Å². The van der Waals surface area contributed by atoms with Crippen LogP contribution in [0.4, 0.5) is 0 Å². The Morgan fingerprint density at radius 1 is 1.02 bits per heavy atom. The predicted octanol–water partition coefficient (Wildman–Crippen LogP) is 3.85. The van der Waals surface area contributed by atoms with Gasteiger partial charge >= 0.3 is 0 Å². The van der Waals surface area contributed by atoms with Gasteiger partial charge in [0.15, 0.2) is 0 Å². The second-order valence-corrected chi connectivity index (χ2v) is 8.90. The highest BCUT2D eigenvalue weighted by molar-refractivity contribution is 5.87. The van der Waals surface area contributed by atoms with Gasteiger partial charge in [-0.1, -0.05) is 12.5 Å². The second kappa shape index (κ2) is 16.8. The Labute approximate surface area is 236 Å². The van der Waals surface area contributed by atoms with Gasteiger partial charge in [-0.3, -0.25) is 4.79 Å². The van der Waals surface area contributed by atoms with Gasteiger partial charge in [-0.25, -0.2) is 0 Å². The summed E-state index contributed by atoms with van der Waals surface area (Å²) in [6, 6.07) is 13.1. The normalized spacial score (nSPS) is 13.2.